The summed E-state index contributed by atoms with van der Waals surface area (Å²) in [5, 5.41) is 9.58. The molecule has 0 bridgehead atoms. The summed E-state index contributed by atoms with van der Waals surface area (Å²) in [5.41, 5.74) is 7.85. The van der Waals surface area contributed by atoms with Crippen molar-refractivity contribution in [2.24, 2.45) is 17.6 Å². The third-order valence-electron chi connectivity index (χ3n) is 5.89. The lowest BCUT2D eigenvalue weighted by Crippen LogP contribution is -2.48. The fourth-order valence-electron chi connectivity index (χ4n) is 4.63. The van der Waals surface area contributed by atoms with Gasteiger partial charge in [-0.3, -0.25) is 9.59 Å². The molecule has 0 fully saturated rings. The lowest BCUT2D eigenvalue weighted by atomic mass is 9.54. The number of primary amides is 1. The quantitative estimate of drug-likeness (QED) is 0.884. The molecule has 2 aliphatic rings. The molecule has 0 unspecified atom stereocenters. The van der Waals surface area contributed by atoms with Gasteiger partial charge in [-0.2, -0.15) is 5.26 Å². The second-order valence-electron chi connectivity index (χ2n) is 7.18. The van der Waals surface area contributed by atoms with Crippen LogP contribution in [0.1, 0.15) is 40.5 Å². The molecule has 0 aliphatic heterocycles. The Bertz CT molecular complexity index is 1040. The van der Waals surface area contributed by atoms with Crippen LogP contribution in [-0.2, 0) is 16.6 Å². The molecule has 0 saturated carbocycles. The number of allylic oxidation sites excluding steroid dienone is 2. The number of ketones is 1. The van der Waals surface area contributed by atoms with Gasteiger partial charge in [0.25, 0.3) is 0 Å². The van der Waals surface area contributed by atoms with Crippen LogP contribution in [0.4, 0.5) is 0 Å². The zero-order chi connectivity index (χ0) is 19.2. The van der Waals surface area contributed by atoms with E-state index >= 15 is 0 Å². The lowest BCUT2D eigenvalue weighted by Gasteiger charge is -2.47. The van der Waals surface area contributed by atoms with Crippen molar-refractivity contribution in [3.63, 3.8) is 0 Å². The van der Waals surface area contributed by atoms with Gasteiger partial charge in [-0.15, -0.1) is 0 Å². The van der Waals surface area contributed by atoms with Gasteiger partial charge < -0.3 is 5.73 Å². The van der Waals surface area contributed by atoms with E-state index in [0.29, 0.717) is 5.56 Å². The Balaban J connectivity index is 2.09. The lowest BCUT2D eigenvalue weighted by molar-refractivity contribution is -0.121. The van der Waals surface area contributed by atoms with Gasteiger partial charge in [0.2, 0.25) is 5.91 Å². The fourth-order valence-corrected chi connectivity index (χ4v) is 4.63. The minimum atomic E-state index is -0.764. The molecular formula is C21H18N4O2. The fraction of sp³-hybridized carbons (Fsp3) is 0.286. The molecule has 0 radical (unpaired) electrons. The highest BCUT2D eigenvalue weighted by atomic mass is 16.1. The van der Waals surface area contributed by atoms with Crippen LogP contribution >= 0.6 is 0 Å². The summed E-state index contributed by atoms with van der Waals surface area (Å²) in [6, 6.07) is 9.15. The van der Waals surface area contributed by atoms with Gasteiger partial charge in [0, 0.05) is 17.7 Å². The number of carbonyl (C=O) groups is 2. The number of carbonyl (C=O) groups excluding carboxylic acids is 2. The number of amides is 1. The van der Waals surface area contributed by atoms with Gasteiger partial charge in [-0.25, -0.2) is 9.97 Å². The monoisotopic (exact) mass is 358 g/mol. The number of Topliss-reactive ketones (excluding diaryl/α,β-unsaturated/α-hetero) is 1. The zero-order valence-corrected chi connectivity index (χ0v) is 14.8. The molecule has 1 aromatic heterocycles. The summed E-state index contributed by atoms with van der Waals surface area (Å²) in [6.45, 7) is 1.87. The Kier molecular flexibility index (Phi) is 3.88. The minimum absolute atomic E-state index is 0.0624. The smallest absolute Gasteiger partial charge is 0.248 e. The Labute approximate surface area is 156 Å². The van der Waals surface area contributed by atoms with Crippen molar-refractivity contribution in [1.29, 1.82) is 5.26 Å². The number of nitriles is 1. The summed E-state index contributed by atoms with van der Waals surface area (Å²) in [4.78, 5) is 33.1. The van der Waals surface area contributed by atoms with E-state index in [-0.39, 0.29) is 23.2 Å². The number of nitrogens with two attached hydrogens (primary N) is 1. The summed E-state index contributed by atoms with van der Waals surface area (Å²) < 4.78 is 0. The van der Waals surface area contributed by atoms with Crippen molar-refractivity contribution in [2.45, 2.75) is 25.2 Å². The molecular weight excluding hydrogens is 340 g/mol. The third kappa shape index (κ3) is 2.39. The van der Waals surface area contributed by atoms with Gasteiger partial charge in [-0.05, 0) is 48.1 Å². The van der Waals surface area contributed by atoms with E-state index in [4.69, 9.17) is 5.73 Å². The first-order valence-electron chi connectivity index (χ1n) is 8.86. The maximum atomic E-state index is 12.7. The van der Waals surface area contributed by atoms with E-state index in [1.807, 2.05) is 13.0 Å². The van der Waals surface area contributed by atoms with Crippen LogP contribution in [-0.4, -0.2) is 21.7 Å². The van der Waals surface area contributed by atoms with E-state index in [0.717, 1.165) is 29.7 Å². The summed E-state index contributed by atoms with van der Waals surface area (Å²) >= 11 is 0. The van der Waals surface area contributed by atoms with Crippen molar-refractivity contribution in [3.8, 4) is 6.07 Å². The maximum absolute atomic E-state index is 12.7. The molecule has 2 N–H and O–H groups in total. The van der Waals surface area contributed by atoms with Gasteiger partial charge in [0.15, 0.2) is 5.78 Å². The number of nitrogens with zero attached hydrogens (tertiary/aromatic N) is 3. The van der Waals surface area contributed by atoms with E-state index in [2.05, 4.69) is 16.0 Å². The SMILES string of the molecule is C[C@@H]1C(=O)C(C#N)=C[C@]2(c3cccc(C(N)=O)c3)c3ncncc3CC[C@@H]12. The second-order valence-corrected chi connectivity index (χ2v) is 7.18. The summed E-state index contributed by atoms with van der Waals surface area (Å²) in [6.07, 6.45) is 6.56. The molecule has 4 rings (SSSR count). The molecule has 1 aromatic carbocycles. The molecule has 27 heavy (non-hydrogen) atoms. The number of aromatic nitrogens is 2. The maximum Gasteiger partial charge on any atom is 0.248 e. The normalized spacial score (nSPS) is 26.4. The van der Waals surface area contributed by atoms with Crippen LogP contribution in [0.5, 0.6) is 0 Å². The first-order chi connectivity index (χ1) is 13.0. The predicted octanol–water partition coefficient (Wildman–Crippen LogP) is 2.09. The first-order valence-corrected chi connectivity index (χ1v) is 8.86. The average molecular weight is 358 g/mol. The molecule has 1 heterocycles. The highest BCUT2D eigenvalue weighted by molar-refractivity contribution is 6.02. The topological polar surface area (TPSA) is 110 Å². The van der Waals surface area contributed by atoms with Crippen LogP contribution in [0.25, 0.3) is 0 Å². The number of hydrogen-bond donors (Lipinski definition) is 1. The number of benzene rings is 1. The molecule has 2 aliphatic carbocycles. The standard InChI is InChI=1S/C21H18N4O2/c1-12-17-6-5-14-10-24-11-25-19(14)21(17,8-15(9-22)18(12)26)16-4-2-3-13(7-16)20(23)27/h2-4,7-8,10-12,17H,5-6H2,1H3,(H2,23,27)/t12-,17-,21+/m0/s1. The Morgan fingerprint density at radius 1 is 1.41 bits per heavy atom. The van der Waals surface area contributed by atoms with Crippen LogP contribution < -0.4 is 5.73 Å². The van der Waals surface area contributed by atoms with Crippen LogP contribution in [0, 0.1) is 23.2 Å². The Morgan fingerprint density at radius 3 is 2.96 bits per heavy atom. The number of hydrogen-bond acceptors (Lipinski definition) is 5. The van der Waals surface area contributed by atoms with Gasteiger partial charge in [0.1, 0.15) is 12.4 Å². The molecule has 6 heteroatoms. The van der Waals surface area contributed by atoms with Crippen LogP contribution in [0.2, 0.25) is 0 Å². The third-order valence-corrected chi connectivity index (χ3v) is 5.89. The predicted molar refractivity (Wildman–Crippen MR) is 97.4 cm³/mol. The average Bonchev–Trinajstić information content (AvgIpc) is 2.70. The molecule has 3 atom stereocenters. The summed E-state index contributed by atoms with van der Waals surface area (Å²) in [7, 11) is 0. The highest BCUT2D eigenvalue weighted by Gasteiger charge is 2.52. The molecule has 2 aromatic rings. The van der Waals surface area contributed by atoms with Gasteiger partial charge in [0.05, 0.1) is 16.7 Å². The first kappa shape index (κ1) is 17.1. The Hall–Kier alpha value is -3.33. The van der Waals surface area contributed by atoms with Crippen molar-refractivity contribution < 1.29 is 9.59 Å². The van der Waals surface area contributed by atoms with Crippen molar-refractivity contribution >= 4 is 11.7 Å². The van der Waals surface area contributed by atoms with E-state index in [9.17, 15) is 14.9 Å². The molecule has 134 valence electrons. The van der Waals surface area contributed by atoms with Gasteiger partial charge in [-0.1, -0.05) is 19.1 Å². The minimum Gasteiger partial charge on any atom is -0.366 e. The van der Waals surface area contributed by atoms with E-state index in [1.54, 1.807) is 30.5 Å². The van der Waals surface area contributed by atoms with Crippen LogP contribution in [0.3, 0.4) is 0 Å². The zero-order valence-electron chi connectivity index (χ0n) is 14.8. The Morgan fingerprint density at radius 2 is 2.22 bits per heavy atom. The van der Waals surface area contributed by atoms with E-state index in [1.165, 1.54) is 6.33 Å². The van der Waals surface area contributed by atoms with Crippen LogP contribution in [0.15, 0.2) is 48.4 Å². The number of fused-ring (bicyclic) bond motifs is 3. The van der Waals surface area contributed by atoms with Crippen molar-refractivity contribution in [1.82, 2.24) is 9.97 Å². The van der Waals surface area contributed by atoms with E-state index < -0.39 is 11.3 Å². The molecule has 0 saturated heterocycles. The van der Waals surface area contributed by atoms with Crippen molar-refractivity contribution in [2.75, 3.05) is 0 Å². The largest absolute Gasteiger partial charge is 0.366 e. The number of rotatable bonds is 2. The molecule has 6 nitrogen and oxygen atoms in total. The highest BCUT2D eigenvalue weighted by Crippen LogP contribution is 2.52. The molecule has 1 amide bonds. The molecule has 0 spiro atoms. The number of aryl methyl sites for hydroxylation is 1. The summed E-state index contributed by atoms with van der Waals surface area (Å²) in [5.74, 6) is -1.05. The van der Waals surface area contributed by atoms with Crippen molar-refractivity contribution in [3.05, 3.63) is 70.8 Å². The second kappa shape index (κ2) is 6.13. The van der Waals surface area contributed by atoms with Gasteiger partial charge >= 0.3 is 0 Å².